The van der Waals surface area contributed by atoms with Gasteiger partial charge < -0.3 is 4.74 Å². The molecule has 1 heterocycles. The van der Waals surface area contributed by atoms with Crippen LogP contribution in [-0.4, -0.2) is 22.9 Å². The lowest BCUT2D eigenvalue weighted by Gasteiger charge is -2.16. The smallest absolute Gasteiger partial charge is 0.340 e. The third kappa shape index (κ3) is 2.99. The van der Waals surface area contributed by atoms with E-state index >= 15 is 0 Å². The van der Waals surface area contributed by atoms with E-state index < -0.39 is 5.97 Å². The van der Waals surface area contributed by atoms with E-state index in [0.717, 1.165) is 20.9 Å². The third-order valence-corrected chi connectivity index (χ3v) is 4.53. The topological polar surface area (TPSA) is 44.1 Å². The molecule has 3 rings (SSSR count). The van der Waals surface area contributed by atoms with Crippen LogP contribution in [0.5, 0.6) is 0 Å². The highest BCUT2D eigenvalue weighted by molar-refractivity contribution is 9.10. The highest BCUT2D eigenvalue weighted by Crippen LogP contribution is 2.29. The van der Waals surface area contributed by atoms with E-state index in [1.54, 1.807) is 18.3 Å². The molecule has 0 bridgehead atoms. The molecule has 0 N–H and O–H groups in total. The van der Waals surface area contributed by atoms with Crippen molar-refractivity contribution < 1.29 is 9.53 Å². The van der Waals surface area contributed by atoms with Gasteiger partial charge in [0.25, 0.3) is 0 Å². The molecule has 1 atom stereocenters. The lowest BCUT2D eigenvalue weighted by molar-refractivity contribution is 0.0602. The van der Waals surface area contributed by atoms with Crippen LogP contribution in [0.2, 0.25) is 5.02 Å². The van der Waals surface area contributed by atoms with Gasteiger partial charge in [0.1, 0.15) is 0 Å². The molecule has 2 aromatic carbocycles. The summed E-state index contributed by atoms with van der Waals surface area (Å²) in [5.41, 5.74) is 2.22. The van der Waals surface area contributed by atoms with E-state index in [2.05, 4.69) is 21.0 Å². The van der Waals surface area contributed by atoms with Crippen molar-refractivity contribution in [3.8, 4) is 0 Å². The molecule has 0 spiro atoms. The van der Waals surface area contributed by atoms with Crippen molar-refractivity contribution in [2.45, 2.75) is 13.0 Å². The molecule has 1 aromatic heterocycles. The Balaban J connectivity index is 2.18. The second-order valence-electron chi connectivity index (χ2n) is 5.20. The maximum atomic E-state index is 12.1. The van der Waals surface area contributed by atoms with Gasteiger partial charge in [-0.1, -0.05) is 39.7 Å². The van der Waals surface area contributed by atoms with E-state index in [0.29, 0.717) is 10.6 Å². The fourth-order valence-electron chi connectivity index (χ4n) is 2.60. The van der Waals surface area contributed by atoms with Gasteiger partial charge >= 0.3 is 5.97 Å². The maximum absolute atomic E-state index is 12.1. The standard InChI is InChI=1S/C17H14BrClN2O2/c1-10(11-3-5-13(18)6-4-11)21-16-12(9-20-21)7-14(19)8-15(16)17(22)23-2/h3-10H,1-2H3. The zero-order valence-electron chi connectivity index (χ0n) is 12.6. The second-order valence-corrected chi connectivity index (χ2v) is 6.55. The van der Waals surface area contributed by atoms with Crippen molar-refractivity contribution in [3.63, 3.8) is 0 Å². The van der Waals surface area contributed by atoms with Gasteiger partial charge in [-0.2, -0.15) is 5.10 Å². The Labute approximate surface area is 147 Å². The molecule has 23 heavy (non-hydrogen) atoms. The van der Waals surface area contributed by atoms with Crippen LogP contribution < -0.4 is 0 Å². The average Bonchev–Trinajstić information content (AvgIpc) is 2.97. The Kier molecular flexibility index (Phi) is 4.41. The van der Waals surface area contributed by atoms with Gasteiger partial charge in [0.05, 0.1) is 30.4 Å². The first-order chi connectivity index (χ1) is 11.0. The number of hydrogen-bond donors (Lipinski definition) is 0. The fourth-order valence-corrected chi connectivity index (χ4v) is 3.09. The molecule has 0 saturated carbocycles. The molecule has 0 saturated heterocycles. The van der Waals surface area contributed by atoms with Gasteiger partial charge in [-0.15, -0.1) is 0 Å². The summed E-state index contributed by atoms with van der Waals surface area (Å²) in [6.45, 7) is 2.03. The number of nitrogens with zero attached hydrogens (tertiary/aromatic N) is 2. The number of halogens is 2. The first-order valence-corrected chi connectivity index (χ1v) is 8.19. The van der Waals surface area contributed by atoms with Gasteiger partial charge in [0.15, 0.2) is 0 Å². The fraction of sp³-hybridized carbons (Fsp3) is 0.176. The van der Waals surface area contributed by atoms with E-state index in [9.17, 15) is 4.79 Å². The molecule has 118 valence electrons. The molecule has 0 fully saturated rings. The van der Waals surface area contributed by atoms with E-state index in [-0.39, 0.29) is 6.04 Å². The quantitative estimate of drug-likeness (QED) is 0.598. The number of aromatic nitrogens is 2. The predicted molar refractivity (Wildman–Crippen MR) is 94.0 cm³/mol. The monoisotopic (exact) mass is 392 g/mol. The summed E-state index contributed by atoms with van der Waals surface area (Å²) in [4.78, 5) is 12.1. The summed E-state index contributed by atoms with van der Waals surface area (Å²) in [5, 5.41) is 5.74. The third-order valence-electron chi connectivity index (χ3n) is 3.78. The van der Waals surface area contributed by atoms with Crippen LogP contribution in [0.4, 0.5) is 0 Å². The van der Waals surface area contributed by atoms with E-state index in [4.69, 9.17) is 16.3 Å². The van der Waals surface area contributed by atoms with Crippen molar-refractivity contribution in [1.82, 2.24) is 9.78 Å². The number of hydrogen-bond acceptors (Lipinski definition) is 3. The molecule has 0 aliphatic carbocycles. The van der Waals surface area contributed by atoms with Crippen LogP contribution in [0.25, 0.3) is 10.9 Å². The number of carbonyl (C=O) groups is 1. The molecule has 1 unspecified atom stereocenters. The van der Waals surface area contributed by atoms with Crippen molar-refractivity contribution in [2.24, 2.45) is 0 Å². The average molecular weight is 394 g/mol. The van der Waals surface area contributed by atoms with E-state index in [1.165, 1.54) is 7.11 Å². The minimum Gasteiger partial charge on any atom is -0.465 e. The van der Waals surface area contributed by atoms with Crippen molar-refractivity contribution >= 4 is 44.4 Å². The van der Waals surface area contributed by atoms with Gasteiger partial charge in [-0.25, -0.2) is 4.79 Å². The minimum atomic E-state index is -0.428. The van der Waals surface area contributed by atoms with Crippen molar-refractivity contribution in [2.75, 3.05) is 7.11 Å². The number of carbonyl (C=O) groups excluding carboxylic acids is 1. The van der Waals surface area contributed by atoms with Crippen molar-refractivity contribution in [3.05, 3.63) is 63.2 Å². The van der Waals surface area contributed by atoms with Crippen LogP contribution in [0.15, 0.2) is 47.1 Å². The molecule has 0 aliphatic heterocycles. The molecule has 0 aliphatic rings. The molecule has 4 nitrogen and oxygen atoms in total. The number of fused-ring (bicyclic) bond motifs is 1. The first kappa shape index (κ1) is 16.0. The predicted octanol–water partition coefficient (Wildman–Crippen LogP) is 4.85. The summed E-state index contributed by atoms with van der Waals surface area (Å²) in [5.74, 6) is -0.428. The number of rotatable bonds is 3. The lowest BCUT2D eigenvalue weighted by atomic mass is 10.1. The van der Waals surface area contributed by atoms with Gasteiger partial charge in [-0.3, -0.25) is 4.68 Å². The Morgan fingerprint density at radius 1 is 1.30 bits per heavy atom. The highest BCUT2D eigenvalue weighted by Gasteiger charge is 2.19. The zero-order chi connectivity index (χ0) is 16.6. The minimum absolute atomic E-state index is 0.0369. The number of esters is 1. The highest BCUT2D eigenvalue weighted by atomic mass is 79.9. The normalized spacial score (nSPS) is 12.3. The maximum Gasteiger partial charge on any atom is 0.340 e. The Bertz CT molecular complexity index is 874. The number of ether oxygens (including phenoxy) is 1. The Hall–Kier alpha value is -1.85. The largest absolute Gasteiger partial charge is 0.465 e. The van der Waals surface area contributed by atoms with E-state index in [1.807, 2.05) is 35.9 Å². The van der Waals surface area contributed by atoms with Crippen LogP contribution in [0.3, 0.4) is 0 Å². The SMILES string of the molecule is COC(=O)c1cc(Cl)cc2cnn(C(C)c3ccc(Br)cc3)c12. The summed E-state index contributed by atoms with van der Waals surface area (Å²) < 4.78 is 7.72. The van der Waals surface area contributed by atoms with Gasteiger partial charge in [-0.05, 0) is 36.8 Å². The molecule has 3 aromatic rings. The van der Waals surface area contributed by atoms with Gasteiger partial charge in [0, 0.05) is 14.9 Å². The number of benzene rings is 2. The van der Waals surface area contributed by atoms with Crippen molar-refractivity contribution in [1.29, 1.82) is 0 Å². The van der Waals surface area contributed by atoms with Crippen LogP contribution in [-0.2, 0) is 4.74 Å². The molecule has 6 heteroatoms. The zero-order valence-corrected chi connectivity index (χ0v) is 14.9. The molecular weight excluding hydrogens is 380 g/mol. The summed E-state index contributed by atoms with van der Waals surface area (Å²) in [7, 11) is 1.36. The first-order valence-electron chi connectivity index (χ1n) is 7.02. The van der Waals surface area contributed by atoms with Crippen LogP contribution in [0, 0.1) is 0 Å². The Morgan fingerprint density at radius 2 is 2.00 bits per heavy atom. The Morgan fingerprint density at radius 3 is 2.65 bits per heavy atom. The van der Waals surface area contributed by atoms with Crippen LogP contribution >= 0.6 is 27.5 Å². The summed E-state index contributed by atoms with van der Waals surface area (Å²) in [6, 6.07) is 11.4. The van der Waals surface area contributed by atoms with Crippen LogP contribution in [0.1, 0.15) is 28.9 Å². The second kappa shape index (κ2) is 6.34. The molecular formula is C17H14BrClN2O2. The lowest BCUT2D eigenvalue weighted by Crippen LogP contribution is -2.11. The molecule has 0 amide bonds. The summed E-state index contributed by atoms with van der Waals surface area (Å²) in [6.07, 6.45) is 1.71. The molecule has 0 radical (unpaired) electrons. The summed E-state index contributed by atoms with van der Waals surface area (Å²) >= 11 is 9.53. The number of methoxy groups -OCH3 is 1. The van der Waals surface area contributed by atoms with Gasteiger partial charge in [0.2, 0.25) is 0 Å².